The molecular weight excluding hydrogens is 378 g/mol. The fourth-order valence-electron chi connectivity index (χ4n) is 3.35. The van der Waals surface area contributed by atoms with Crippen molar-refractivity contribution in [2.45, 2.75) is 71.6 Å². The van der Waals surface area contributed by atoms with Gasteiger partial charge in [0.15, 0.2) is 17.2 Å². The van der Waals surface area contributed by atoms with Gasteiger partial charge in [-0.25, -0.2) is 9.78 Å². The third-order valence-corrected chi connectivity index (χ3v) is 5.01. The van der Waals surface area contributed by atoms with Crippen molar-refractivity contribution in [3.05, 3.63) is 42.2 Å². The summed E-state index contributed by atoms with van der Waals surface area (Å²) >= 11 is 0. The van der Waals surface area contributed by atoms with Crippen LogP contribution in [0.1, 0.15) is 82.1 Å². The van der Waals surface area contributed by atoms with Crippen LogP contribution in [0.15, 0.2) is 36.5 Å². The molecule has 5 nitrogen and oxygen atoms in total. The number of pyridine rings is 1. The molecule has 1 N–H and O–H groups in total. The Labute approximate surface area is 180 Å². The van der Waals surface area contributed by atoms with Crippen LogP contribution < -0.4 is 9.47 Å². The van der Waals surface area contributed by atoms with E-state index in [2.05, 4.69) is 18.8 Å². The lowest BCUT2D eigenvalue weighted by atomic mass is 10.0. The second kappa shape index (κ2) is 13.6. The molecule has 0 saturated heterocycles. The summed E-state index contributed by atoms with van der Waals surface area (Å²) < 4.78 is 12.1. The lowest BCUT2D eigenvalue weighted by Crippen LogP contribution is -2.10. The SMILES string of the molecule is CCCCCCCOc1cnc(C(=O)O)c(-c2ccccc2)c1OCCCCCC. The van der Waals surface area contributed by atoms with E-state index < -0.39 is 5.97 Å². The number of hydrogen-bond donors (Lipinski definition) is 1. The van der Waals surface area contributed by atoms with Crippen molar-refractivity contribution in [1.82, 2.24) is 4.98 Å². The van der Waals surface area contributed by atoms with Crippen molar-refractivity contribution in [2.75, 3.05) is 13.2 Å². The molecule has 2 aromatic rings. The van der Waals surface area contributed by atoms with Gasteiger partial charge < -0.3 is 14.6 Å². The Kier molecular flexibility index (Phi) is 10.8. The summed E-state index contributed by atoms with van der Waals surface area (Å²) in [7, 11) is 0. The average molecular weight is 414 g/mol. The van der Waals surface area contributed by atoms with Crippen LogP contribution in [-0.2, 0) is 0 Å². The average Bonchev–Trinajstić information content (AvgIpc) is 2.76. The number of carbonyl (C=O) groups is 1. The van der Waals surface area contributed by atoms with E-state index in [9.17, 15) is 9.90 Å². The summed E-state index contributed by atoms with van der Waals surface area (Å²) in [6, 6.07) is 9.42. The number of unbranched alkanes of at least 4 members (excludes halogenated alkanes) is 7. The number of benzene rings is 1. The molecule has 0 aliphatic heterocycles. The number of carboxylic acid groups (broad SMARTS) is 1. The molecule has 0 aliphatic rings. The number of carboxylic acids is 1. The number of rotatable bonds is 15. The van der Waals surface area contributed by atoms with Gasteiger partial charge in [0, 0.05) is 0 Å². The summed E-state index contributed by atoms with van der Waals surface area (Å²) in [4.78, 5) is 16.1. The molecule has 0 bridgehead atoms. The van der Waals surface area contributed by atoms with E-state index in [1.165, 1.54) is 25.5 Å². The fourth-order valence-corrected chi connectivity index (χ4v) is 3.35. The third-order valence-electron chi connectivity index (χ3n) is 5.01. The fraction of sp³-hybridized carbons (Fsp3) is 0.520. The molecule has 0 amide bonds. The predicted molar refractivity (Wildman–Crippen MR) is 121 cm³/mol. The lowest BCUT2D eigenvalue weighted by molar-refractivity contribution is 0.0690. The summed E-state index contributed by atoms with van der Waals surface area (Å²) in [6.45, 7) is 5.46. The Balaban J connectivity index is 2.26. The van der Waals surface area contributed by atoms with Crippen LogP contribution in [0, 0.1) is 0 Å². The zero-order valence-electron chi connectivity index (χ0n) is 18.4. The zero-order chi connectivity index (χ0) is 21.6. The highest BCUT2D eigenvalue weighted by molar-refractivity contribution is 5.96. The molecule has 164 valence electrons. The molecular formula is C25H35NO4. The lowest BCUT2D eigenvalue weighted by Gasteiger charge is -2.18. The van der Waals surface area contributed by atoms with Crippen molar-refractivity contribution >= 4 is 5.97 Å². The van der Waals surface area contributed by atoms with Gasteiger partial charge in [0.05, 0.1) is 25.0 Å². The number of ether oxygens (including phenoxy) is 2. The highest BCUT2D eigenvalue weighted by Gasteiger charge is 2.23. The Morgan fingerprint density at radius 2 is 1.47 bits per heavy atom. The van der Waals surface area contributed by atoms with E-state index in [0.29, 0.717) is 30.3 Å². The maximum absolute atomic E-state index is 11.9. The maximum atomic E-state index is 11.9. The monoisotopic (exact) mass is 413 g/mol. The van der Waals surface area contributed by atoms with Crippen molar-refractivity contribution in [3.8, 4) is 22.6 Å². The van der Waals surface area contributed by atoms with Crippen LogP contribution in [0.2, 0.25) is 0 Å². The van der Waals surface area contributed by atoms with Crippen molar-refractivity contribution in [2.24, 2.45) is 0 Å². The predicted octanol–water partition coefficient (Wildman–Crippen LogP) is 6.76. The van der Waals surface area contributed by atoms with Gasteiger partial charge in [0.1, 0.15) is 0 Å². The minimum atomic E-state index is -1.07. The molecule has 0 spiro atoms. The quantitative estimate of drug-likeness (QED) is 0.327. The molecule has 1 heterocycles. The third kappa shape index (κ3) is 7.36. The molecule has 1 aromatic carbocycles. The van der Waals surface area contributed by atoms with Crippen LogP contribution in [0.4, 0.5) is 0 Å². The summed E-state index contributed by atoms with van der Waals surface area (Å²) in [5.74, 6) is -0.0701. The van der Waals surface area contributed by atoms with Gasteiger partial charge in [-0.2, -0.15) is 0 Å². The van der Waals surface area contributed by atoms with E-state index >= 15 is 0 Å². The standard InChI is InChI=1S/C25H35NO4/c1-3-5-7-9-14-17-29-21-19-26-23(25(27)28)22(20-15-11-10-12-16-20)24(21)30-18-13-8-6-4-2/h10-12,15-16,19H,3-9,13-14,17-18H2,1-2H3,(H,27,28). The van der Waals surface area contributed by atoms with Crippen LogP contribution in [0.5, 0.6) is 11.5 Å². The molecule has 5 heteroatoms. The minimum Gasteiger partial charge on any atom is -0.489 e. The Bertz CT molecular complexity index is 761. The molecule has 0 saturated carbocycles. The largest absolute Gasteiger partial charge is 0.489 e. The van der Waals surface area contributed by atoms with E-state index in [1.54, 1.807) is 0 Å². The highest BCUT2D eigenvalue weighted by Crippen LogP contribution is 2.40. The van der Waals surface area contributed by atoms with Crippen LogP contribution in [0.3, 0.4) is 0 Å². The maximum Gasteiger partial charge on any atom is 0.355 e. The molecule has 1 aromatic heterocycles. The first-order valence-electron chi connectivity index (χ1n) is 11.3. The zero-order valence-corrected chi connectivity index (χ0v) is 18.4. The first-order valence-corrected chi connectivity index (χ1v) is 11.3. The molecule has 0 atom stereocenters. The summed E-state index contributed by atoms with van der Waals surface area (Å²) in [5, 5.41) is 9.72. The van der Waals surface area contributed by atoms with E-state index in [4.69, 9.17) is 9.47 Å². The Morgan fingerprint density at radius 3 is 2.10 bits per heavy atom. The molecule has 0 fully saturated rings. The van der Waals surface area contributed by atoms with Gasteiger partial charge in [-0.05, 0) is 18.4 Å². The summed E-state index contributed by atoms with van der Waals surface area (Å²) in [5.41, 5.74) is 1.24. The first-order chi connectivity index (χ1) is 14.7. The van der Waals surface area contributed by atoms with E-state index in [0.717, 1.165) is 44.1 Å². The molecule has 0 radical (unpaired) electrons. The molecule has 0 aliphatic carbocycles. The topological polar surface area (TPSA) is 68.7 Å². The van der Waals surface area contributed by atoms with Crippen molar-refractivity contribution < 1.29 is 19.4 Å². The Morgan fingerprint density at radius 1 is 0.867 bits per heavy atom. The number of hydrogen-bond acceptors (Lipinski definition) is 4. The number of aromatic nitrogens is 1. The van der Waals surface area contributed by atoms with Crippen LogP contribution >= 0.6 is 0 Å². The Hall–Kier alpha value is -2.56. The smallest absolute Gasteiger partial charge is 0.355 e. The van der Waals surface area contributed by atoms with E-state index in [1.807, 2.05) is 30.3 Å². The van der Waals surface area contributed by atoms with Gasteiger partial charge in [0.2, 0.25) is 0 Å². The number of aromatic carboxylic acids is 1. The van der Waals surface area contributed by atoms with Gasteiger partial charge in [0.25, 0.3) is 0 Å². The van der Waals surface area contributed by atoms with Crippen molar-refractivity contribution in [1.29, 1.82) is 0 Å². The second-order valence-corrected chi connectivity index (χ2v) is 7.52. The van der Waals surface area contributed by atoms with Gasteiger partial charge in [-0.15, -0.1) is 0 Å². The first kappa shape index (κ1) is 23.7. The molecule has 0 unspecified atom stereocenters. The normalized spacial score (nSPS) is 10.7. The van der Waals surface area contributed by atoms with Crippen LogP contribution in [-0.4, -0.2) is 29.3 Å². The van der Waals surface area contributed by atoms with Crippen LogP contribution in [0.25, 0.3) is 11.1 Å². The van der Waals surface area contributed by atoms with E-state index in [-0.39, 0.29) is 5.69 Å². The molecule has 2 rings (SSSR count). The summed E-state index contributed by atoms with van der Waals surface area (Å²) in [6.07, 6.45) is 11.5. The highest BCUT2D eigenvalue weighted by atomic mass is 16.5. The van der Waals surface area contributed by atoms with Gasteiger partial charge in [-0.3, -0.25) is 0 Å². The van der Waals surface area contributed by atoms with Gasteiger partial charge >= 0.3 is 5.97 Å². The van der Waals surface area contributed by atoms with Gasteiger partial charge in [-0.1, -0.05) is 89.1 Å². The number of nitrogens with zero attached hydrogens (tertiary/aromatic N) is 1. The molecule has 30 heavy (non-hydrogen) atoms. The van der Waals surface area contributed by atoms with Crippen molar-refractivity contribution in [3.63, 3.8) is 0 Å². The second-order valence-electron chi connectivity index (χ2n) is 7.52. The minimum absolute atomic E-state index is 0.0138.